The highest BCUT2D eigenvalue weighted by atomic mass is 32.2. The van der Waals surface area contributed by atoms with E-state index in [-0.39, 0.29) is 4.75 Å². The number of fused-ring (bicyclic) bond motifs is 3. The van der Waals surface area contributed by atoms with E-state index in [1.54, 1.807) is 0 Å². The maximum Gasteiger partial charge on any atom is 0.144 e. The molecule has 0 saturated carbocycles. The number of para-hydroxylation sites is 1. The third-order valence-electron chi connectivity index (χ3n) is 3.64. The van der Waals surface area contributed by atoms with E-state index in [0.29, 0.717) is 0 Å². The molecule has 1 atom stereocenters. The van der Waals surface area contributed by atoms with Crippen molar-refractivity contribution in [2.45, 2.75) is 44.9 Å². The Bertz CT molecular complexity index is 667. The van der Waals surface area contributed by atoms with Gasteiger partial charge in [-0.25, -0.2) is 0 Å². The zero-order chi connectivity index (χ0) is 14.3. The topological polar surface area (TPSA) is 40.4 Å². The van der Waals surface area contributed by atoms with Crippen LogP contribution in [0.3, 0.4) is 0 Å². The average Bonchev–Trinajstić information content (AvgIpc) is 2.76. The summed E-state index contributed by atoms with van der Waals surface area (Å²) in [5.41, 5.74) is 3.65. The molecule has 1 aliphatic heterocycles. The van der Waals surface area contributed by atoms with Gasteiger partial charge in [-0.15, -0.1) is 0 Å². The summed E-state index contributed by atoms with van der Waals surface area (Å²) in [6, 6.07) is 10.7. The molecular weight excluding hydrogens is 268 g/mol. The maximum atomic E-state index is 12.2. The molecule has 20 heavy (non-hydrogen) atoms. The van der Waals surface area contributed by atoms with E-state index in [1.165, 1.54) is 16.6 Å². The molecule has 2 heterocycles. The number of nitrogens with zero attached hydrogens (tertiary/aromatic N) is 2. The molecule has 0 aliphatic carbocycles. The Kier molecular flexibility index (Phi) is 3.38. The van der Waals surface area contributed by atoms with Crippen molar-refractivity contribution >= 4 is 28.0 Å². The molecule has 0 spiro atoms. The molecule has 4 heteroatoms. The second kappa shape index (κ2) is 4.93. The fourth-order valence-corrected chi connectivity index (χ4v) is 3.18. The van der Waals surface area contributed by atoms with E-state index in [2.05, 4.69) is 39.3 Å². The largest absolute Gasteiger partial charge is 0.591 e. The molecule has 3 rings (SSSR count). The molecule has 0 amide bonds. The van der Waals surface area contributed by atoms with Gasteiger partial charge in [-0.3, -0.25) is 0 Å². The van der Waals surface area contributed by atoms with Gasteiger partial charge in [-0.1, -0.05) is 22.6 Å². The normalized spacial score (nSPS) is 19.3. The third kappa shape index (κ3) is 2.50. The van der Waals surface area contributed by atoms with Gasteiger partial charge in [-0.2, -0.15) is 0 Å². The van der Waals surface area contributed by atoms with Crippen molar-refractivity contribution in [3.8, 4) is 0 Å². The van der Waals surface area contributed by atoms with Crippen LogP contribution in [0.15, 0.2) is 34.7 Å². The number of rotatable bonds is 1. The summed E-state index contributed by atoms with van der Waals surface area (Å²) in [6.45, 7) is 6.66. The van der Waals surface area contributed by atoms with Crippen molar-refractivity contribution in [3.63, 3.8) is 0 Å². The molecule has 1 unspecified atom stereocenters. The van der Waals surface area contributed by atoms with Gasteiger partial charge in [0, 0.05) is 11.2 Å². The van der Waals surface area contributed by atoms with Crippen LogP contribution >= 0.6 is 0 Å². The van der Waals surface area contributed by atoms with Crippen molar-refractivity contribution in [2.24, 2.45) is 4.40 Å². The van der Waals surface area contributed by atoms with Crippen LogP contribution in [-0.2, 0) is 24.3 Å². The second-order valence-electron chi connectivity index (χ2n) is 6.30. The van der Waals surface area contributed by atoms with E-state index >= 15 is 0 Å². The first-order valence-corrected chi connectivity index (χ1v) is 8.11. The van der Waals surface area contributed by atoms with E-state index < -0.39 is 11.4 Å². The van der Waals surface area contributed by atoms with Gasteiger partial charge >= 0.3 is 0 Å². The van der Waals surface area contributed by atoms with Crippen molar-refractivity contribution in [3.05, 3.63) is 36.0 Å². The highest BCUT2D eigenvalue weighted by Gasteiger charge is 2.28. The minimum atomic E-state index is -1.16. The van der Waals surface area contributed by atoms with Gasteiger partial charge in [0.15, 0.2) is 0 Å². The van der Waals surface area contributed by atoms with Crippen molar-refractivity contribution in [1.82, 2.24) is 4.57 Å². The molecule has 0 radical (unpaired) electrons. The van der Waals surface area contributed by atoms with Gasteiger partial charge in [0.25, 0.3) is 0 Å². The third-order valence-corrected chi connectivity index (χ3v) is 5.11. The summed E-state index contributed by atoms with van der Waals surface area (Å²) in [5, 5.41) is 1.28. The lowest BCUT2D eigenvalue weighted by molar-refractivity contribution is 0.561. The van der Waals surface area contributed by atoms with Gasteiger partial charge in [-0.05, 0) is 51.1 Å². The lowest BCUT2D eigenvalue weighted by Crippen LogP contribution is -2.29. The fraction of sp³-hybridized carbons (Fsp3) is 0.438. The molecule has 0 bridgehead atoms. The minimum Gasteiger partial charge on any atom is -0.591 e. The lowest BCUT2D eigenvalue weighted by Gasteiger charge is -2.22. The zero-order valence-corrected chi connectivity index (χ0v) is 13.0. The Hall–Kier alpha value is -1.26. The SMILES string of the molecule is CC(C)(C)[S+]([O-])/N=C1\CCc2cc3ccccc3n2C1. The predicted molar refractivity (Wildman–Crippen MR) is 85.6 cm³/mol. The molecule has 0 fully saturated rings. The van der Waals surface area contributed by atoms with E-state index in [4.69, 9.17) is 0 Å². The Labute approximate surface area is 123 Å². The van der Waals surface area contributed by atoms with Crippen molar-refractivity contribution in [1.29, 1.82) is 0 Å². The summed E-state index contributed by atoms with van der Waals surface area (Å²) in [7, 11) is 0. The van der Waals surface area contributed by atoms with Crippen molar-refractivity contribution in [2.75, 3.05) is 0 Å². The molecule has 1 aromatic carbocycles. The second-order valence-corrected chi connectivity index (χ2v) is 8.21. The number of hydrogen-bond acceptors (Lipinski definition) is 2. The van der Waals surface area contributed by atoms with E-state index in [1.807, 2.05) is 20.8 Å². The summed E-state index contributed by atoms with van der Waals surface area (Å²) in [5.74, 6) is 0. The van der Waals surface area contributed by atoms with Crippen molar-refractivity contribution < 1.29 is 4.55 Å². The molecule has 1 aliphatic rings. The summed E-state index contributed by atoms with van der Waals surface area (Å²) >= 11 is -1.16. The quantitative estimate of drug-likeness (QED) is 0.740. The molecule has 3 nitrogen and oxygen atoms in total. The maximum absolute atomic E-state index is 12.2. The lowest BCUT2D eigenvalue weighted by atomic mass is 10.1. The molecule has 0 saturated heterocycles. The predicted octanol–water partition coefficient (Wildman–Crippen LogP) is 3.49. The first-order chi connectivity index (χ1) is 9.45. The Morgan fingerprint density at radius 1 is 1.20 bits per heavy atom. The molecular formula is C16H20N2OS. The number of aromatic nitrogens is 1. The summed E-state index contributed by atoms with van der Waals surface area (Å²) in [6.07, 6.45) is 1.90. The van der Waals surface area contributed by atoms with E-state index in [0.717, 1.165) is 25.1 Å². The number of aryl methyl sites for hydroxylation is 1. The standard InChI is InChI=1S/C16H20N2OS/c1-16(2,3)20(19)17-13-8-9-14-10-12-6-4-5-7-15(12)18(14)11-13/h4-7,10H,8-9,11H2,1-3H3/b17-13+. The summed E-state index contributed by atoms with van der Waals surface area (Å²) < 4.78 is 18.6. The Balaban J connectivity index is 1.93. The zero-order valence-electron chi connectivity index (χ0n) is 12.2. The van der Waals surface area contributed by atoms with E-state index in [9.17, 15) is 4.55 Å². The molecule has 2 aromatic rings. The number of benzene rings is 1. The van der Waals surface area contributed by atoms with Crippen LogP contribution in [0.25, 0.3) is 10.9 Å². The van der Waals surface area contributed by atoms with Crippen LogP contribution in [0.4, 0.5) is 0 Å². The average molecular weight is 288 g/mol. The highest BCUT2D eigenvalue weighted by molar-refractivity contribution is 7.91. The van der Waals surface area contributed by atoms with Crippen LogP contribution in [0, 0.1) is 0 Å². The fourth-order valence-electron chi connectivity index (χ4n) is 2.52. The summed E-state index contributed by atoms with van der Waals surface area (Å²) in [4.78, 5) is 0. The van der Waals surface area contributed by atoms with Gasteiger partial charge in [0.2, 0.25) is 0 Å². The van der Waals surface area contributed by atoms with Crippen LogP contribution in [-0.4, -0.2) is 19.6 Å². The highest BCUT2D eigenvalue weighted by Crippen LogP contribution is 2.26. The Morgan fingerprint density at radius 3 is 2.70 bits per heavy atom. The van der Waals surface area contributed by atoms with Gasteiger partial charge < -0.3 is 9.12 Å². The molecule has 1 aromatic heterocycles. The first kappa shape index (κ1) is 13.7. The monoisotopic (exact) mass is 288 g/mol. The van der Waals surface area contributed by atoms with Crippen LogP contribution in [0.5, 0.6) is 0 Å². The molecule has 106 valence electrons. The Morgan fingerprint density at radius 2 is 1.95 bits per heavy atom. The van der Waals surface area contributed by atoms with Gasteiger partial charge in [0.05, 0.1) is 12.3 Å². The van der Waals surface area contributed by atoms with Crippen LogP contribution in [0.2, 0.25) is 0 Å². The van der Waals surface area contributed by atoms with Crippen LogP contribution < -0.4 is 0 Å². The van der Waals surface area contributed by atoms with Crippen LogP contribution in [0.1, 0.15) is 32.9 Å². The number of hydrogen-bond donors (Lipinski definition) is 0. The smallest absolute Gasteiger partial charge is 0.144 e. The first-order valence-electron chi connectivity index (χ1n) is 7.01. The minimum absolute atomic E-state index is 0.286. The van der Waals surface area contributed by atoms with Gasteiger partial charge in [0.1, 0.15) is 16.1 Å². The molecule has 0 N–H and O–H groups in total.